The van der Waals surface area contributed by atoms with Crippen LogP contribution in [0.5, 0.6) is 0 Å². The summed E-state index contributed by atoms with van der Waals surface area (Å²) in [7, 11) is -3.55. The molecular formula is C21H26N2O3S2. The molecule has 0 atom stereocenters. The molecular weight excluding hydrogens is 392 g/mol. The molecule has 3 rings (SSSR count). The number of thioether (sulfide) groups is 1. The zero-order valence-corrected chi connectivity index (χ0v) is 17.9. The first kappa shape index (κ1) is 20.9. The molecule has 1 heterocycles. The first-order valence-corrected chi connectivity index (χ1v) is 12.1. The van der Waals surface area contributed by atoms with Crippen LogP contribution >= 0.6 is 11.8 Å². The van der Waals surface area contributed by atoms with Gasteiger partial charge in [-0.15, -0.1) is 11.8 Å². The molecule has 0 aliphatic carbocycles. The minimum Gasteiger partial charge on any atom is -0.322 e. The Balaban J connectivity index is 1.82. The number of sulfonamides is 1. The van der Waals surface area contributed by atoms with Crippen molar-refractivity contribution in [3.05, 3.63) is 53.6 Å². The average Bonchev–Trinajstić information content (AvgIpc) is 2.98. The van der Waals surface area contributed by atoms with Gasteiger partial charge in [-0.05, 0) is 61.9 Å². The third-order valence-corrected chi connectivity index (χ3v) is 7.60. The highest BCUT2D eigenvalue weighted by atomic mass is 32.2. The number of carbonyl (C=O) groups excluding carboxylic acids is 1. The van der Waals surface area contributed by atoms with Crippen molar-refractivity contribution in [3.63, 3.8) is 0 Å². The van der Waals surface area contributed by atoms with Gasteiger partial charge in [0.2, 0.25) is 10.0 Å². The molecule has 1 N–H and O–H groups in total. The Morgan fingerprint density at radius 3 is 2.43 bits per heavy atom. The van der Waals surface area contributed by atoms with Gasteiger partial charge in [0.05, 0.1) is 4.90 Å². The van der Waals surface area contributed by atoms with E-state index in [2.05, 4.69) is 5.32 Å². The lowest BCUT2D eigenvalue weighted by Crippen LogP contribution is -2.32. The van der Waals surface area contributed by atoms with Crippen molar-refractivity contribution in [1.29, 1.82) is 0 Å². The number of hydrogen-bond donors (Lipinski definition) is 1. The quantitative estimate of drug-likeness (QED) is 0.724. The molecule has 150 valence electrons. The summed E-state index contributed by atoms with van der Waals surface area (Å²) >= 11 is 1.57. The molecule has 0 unspecified atom stereocenters. The predicted molar refractivity (Wildman–Crippen MR) is 115 cm³/mol. The Kier molecular flexibility index (Phi) is 6.80. The van der Waals surface area contributed by atoms with Crippen LogP contribution in [0.15, 0.2) is 52.3 Å². The fourth-order valence-electron chi connectivity index (χ4n) is 3.34. The Bertz CT molecular complexity index is 950. The smallest absolute Gasteiger partial charge is 0.255 e. The number of rotatable bonds is 5. The van der Waals surface area contributed by atoms with Gasteiger partial charge in [0.25, 0.3) is 5.91 Å². The second-order valence-corrected chi connectivity index (χ2v) is 9.80. The molecule has 1 amide bonds. The third kappa shape index (κ3) is 4.77. The second kappa shape index (κ2) is 9.11. The summed E-state index contributed by atoms with van der Waals surface area (Å²) in [5.41, 5.74) is 1.95. The lowest BCUT2D eigenvalue weighted by Gasteiger charge is -2.20. The Hall–Kier alpha value is -1.83. The monoisotopic (exact) mass is 418 g/mol. The van der Waals surface area contributed by atoms with Gasteiger partial charge in [0.1, 0.15) is 0 Å². The van der Waals surface area contributed by atoms with Gasteiger partial charge >= 0.3 is 0 Å². The van der Waals surface area contributed by atoms with Gasteiger partial charge in [-0.25, -0.2) is 8.42 Å². The maximum atomic E-state index is 13.0. The Morgan fingerprint density at radius 2 is 1.75 bits per heavy atom. The van der Waals surface area contributed by atoms with Crippen molar-refractivity contribution >= 4 is 33.4 Å². The maximum Gasteiger partial charge on any atom is 0.255 e. The van der Waals surface area contributed by atoms with Crippen LogP contribution in [-0.2, 0) is 10.0 Å². The van der Waals surface area contributed by atoms with Crippen molar-refractivity contribution in [3.8, 4) is 0 Å². The van der Waals surface area contributed by atoms with Gasteiger partial charge < -0.3 is 5.32 Å². The molecule has 0 saturated carbocycles. The predicted octanol–water partition coefficient (Wildman–Crippen LogP) is 4.53. The van der Waals surface area contributed by atoms with Crippen molar-refractivity contribution in [2.75, 3.05) is 24.7 Å². The molecule has 0 spiro atoms. The lowest BCUT2D eigenvalue weighted by atomic mass is 10.1. The molecule has 1 fully saturated rings. The van der Waals surface area contributed by atoms with Crippen LogP contribution in [0.2, 0.25) is 0 Å². The summed E-state index contributed by atoms with van der Waals surface area (Å²) in [5.74, 6) is -0.238. The van der Waals surface area contributed by atoms with Crippen LogP contribution in [0.1, 0.15) is 41.6 Å². The zero-order valence-electron chi connectivity index (χ0n) is 16.3. The van der Waals surface area contributed by atoms with Gasteiger partial charge in [-0.3, -0.25) is 4.79 Å². The first-order valence-electron chi connectivity index (χ1n) is 9.48. The normalized spacial score (nSPS) is 15.8. The summed E-state index contributed by atoms with van der Waals surface area (Å²) < 4.78 is 27.6. The standard InChI is InChI=1S/C21H26N2O3S2/c1-16-10-11-18(27-2)15-20(16)21(24)22-17-8-7-9-19(14-17)28(25,26)23-12-5-3-4-6-13-23/h7-11,14-15H,3-6,12-13H2,1-2H3,(H,22,24). The van der Waals surface area contributed by atoms with Gasteiger partial charge in [-0.1, -0.05) is 25.0 Å². The SMILES string of the molecule is CSc1ccc(C)c(C(=O)Nc2cccc(S(=O)(=O)N3CCCCCC3)c2)c1. The molecule has 0 aromatic heterocycles. The minimum absolute atomic E-state index is 0.224. The summed E-state index contributed by atoms with van der Waals surface area (Å²) in [6.07, 6.45) is 5.87. The number of carbonyl (C=O) groups is 1. The number of hydrogen-bond acceptors (Lipinski definition) is 4. The van der Waals surface area contributed by atoms with Crippen molar-refractivity contribution in [2.24, 2.45) is 0 Å². The molecule has 1 saturated heterocycles. The van der Waals surface area contributed by atoms with Gasteiger partial charge in [-0.2, -0.15) is 4.31 Å². The molecule has 1 aliphatic rings. The zero-order chi connectivity index (χ0) is 20.1. The van der Waals surface area contributed by atoms with Gasteiger partial charge in [0.15, 0.2) is 0 Å². The number of benzene rings is 2. The van der Waals surface area contributed by atoms with Crippen molar-refractivity contribution < 1.29 is 13.2 Å². The molecule has 1 aliphatic heterocycles. The summed E-state index contributed by atoms with van der Waals surface area (Å²) in [6.45, 7) is 3.00. The topological polar surface area (TPSA) is 66.5 Å². The van der Waals surface area contributed by atoms with E-state index in [-0.39, 0.29) is 10.8 Å². The van der Waals surface area contributed by atoms with Crippen LogP contribution in [0.25, 0.3) is 0 Å². The maximum absolute atomic E-state index is 13.0. The summed E-state index contributed by atoms with van der Waals surface area (Å²) in [6, 6.07) is 12.3. The van der Waals surface area contributed by atoms with E-state index in [0.717, 1.165) is 36.1 Å². The van der Waals surface area contributed by atoms with Crippen molar-refractivity contribution in [2.45, 2.75) is 42.4 Å². The van der Waals surface area contributed by atoms with Crippen LogP contribution in [0.3, 0.4) is 0 Å². The molecule has 2 aromatic carbocycles. The number of aryl methyl sites for hydroxylation is 1. The van der Waals surface area contributed by atoms with E-state index in [1.807, 2.05) is 31.4 Å². The number of nitrogens with zero attached hydrogens (tertiary/aromatic N) is 1. The third-order valence-electron chi connectivity index (χ3n) is 4.98. The van der Waals surface area contributed by atoms with E-state index in [1.54, 1.807) is 40.3 Å². The molecule has 28 heavy (non-hydrogen) atoms. The highest BCUT2D eigenvalue weighted by Gasteiger charge is 2.25. The van der Waals surface area contributed by atoms with E-state index in [9.17, 15) is 13.2 Å². The van der Waals surface area contributed by atoms with Crippen LogP contribution in [-0.4, -0.2) is 38.0 Å². The first-order chi connectivity index (χ1) is 13.4. The number of amides is 1. The molecule has 5 nitrogen and oxygen atoms in total. The van der Waals surface area contributed by atoms with E-state index in [4.69, 9.17) is 0 Å². The molecule has 0 bridgehead atoms. The molecule has 2 aromatic rings. The summed E-state index contributed by atoms with van der Waals surface area (Å²) in [5, 5.41) is 2.85. The largest absolute Gasteiger partial charge is 0.322 e. The summed E-state index contributed by atoms with van der Waals surface area (Å²) in [4.78, 5) is 14.0. The Labute approximate surface area is 171 Å². The number of nitrogens with one attached hydrogen (secondary N) is 1. The van der Waals surface area contributed by atoms with E-state index in [1.165, 1.54) is 0 Å². The molecule has 0 radical (unpaired) electrons. The minimum atomic E-state index is -3.55. The van der Waals surface area contributed by atoms with Crippen LogP contribution < -0.4 is 5.32 Å². The van der Waals surface area contributed by atoms with Gasteiger partial charge in [0, 0.05) is 29.2 Å². The van der Waals surface area contributed by atoms with E-state index >= 15 is 0 Å². The fourth-order valence-corrected chi connectivity index (χ4v) is 5.34. The van der Waals surface area contributed by atoms with Crippen LogP contribution in [0.4, 0.5) is 5.69 Å². The Morgan fingerprint density at radius 1 is 1.04 bits per heavy atom. The highest BCUT2D eigenvalue weighted by Crippen LogP contribution is 2.24. The molecule has 7 heteroatoms. The highest BCUT2D eigenvalue weighted by molar-refractivity contribution is 7.98. The average molecular weight is 419 g/mol. The second-order valence-electron chi connectivity index (χ2n) is 6.98. The number of anilines is 1. The van der Waals surface area contributed by atoms with E-state index in [0.29, 0.717) is 24.3 Å². The lowest BCUT2D eigenvalue weighted by molar-refractivity contribution is 0.102. The van der Waals surface area contributed by atoms with E-state index < -0.39 is 10.0 Å². The van der Waals surface area contributed by atoms with Crippen LogP contribution in [0, 0.1) is 6.92 Å². The van der Waals surface area contributed by atoms with Crippen molar-refractivity contribution in [1.82, 2.24) is 4.31 Å². The fraction of sp³-hybridized carbons (Fsp3) is 0.381.